The van der Waals surface area contributed by atoms with Crippen molar-refractivity contribution in [3.05, 3.63) is 46.6 Å². The minimum Gasteiger partial charge on any atom is -0.484 e. The predicted octanol–water partition coefficient (Wildman–Crippen LogP) is 2.53. The number of rotatable bonds is 7. The molecule has 0 unspecified atom stereocenters. The number of aryl methyl sites for hydroxylation is 1. The molecule has 2 aromatic heterocycles. The molecule has 0 saturated carbocycles. The van der Waals surface area contributed by atoms with Gasteiger partial charge in [0.25, 0.3) is 5.91 Å². The minimum absolute atomic E-state index is 0.192. The van der Waals surface area contributed by atoms with E-state index in [0.717, 1.165) is 16.1 Å². The quantitative estimate of drug-likeness (QED) is 0.606. The van der Waals surface area contributed by atoms with Gasteiger partial charge in [0, 0.05) is 4.88 Å². The lowest BCUT2D eigenvalue weighted by Gasteiger charge is -2.09. The lowest BCUT2D eigenvalue weighted by molar-refractivity contribution is -0.118. The van der Waals surface area contributed by atoms with Crippen LogP contribution in [-0.2, 0) is 9.53 Å². The summed E-state index contributed by atoms with van der Waals surface area (Å²) in [6, 6.07) is 6.98. The van der Waals surface area contributed by atoms with Crippen LogP contribution in [0.5, 0.6) is 5.75 Å². The number of hydrogen-bond donors (Lipinski definition) is 1. The van der Waals surface area contributed by atoms with Gasteiger partial charge < -0.3 is 14.8 Å². The number of thiophene rings is 1. The second-order valence-corrected chi connectivity index (χ2v) is 7.02. The summed E-state index contributed by atoms with van der Waals surface area (Å²) in [5, 5.41) is 14.2. The molecule has 3 aromatic rings. The van der Waals surface area contributed by atoms with Crippen LogP contribution < -0.4 is 10.1 Å². The Morgan fingerprint density at radius 3 is 2.61 bits per heavy atom. The normalized spacial score (nSPS) is 10.5. The number of carbonyl (C=O) groups excluding carboxylic acids is 2. The molecule has 3 rings (SSSR count). The molecule has 0 aliphatic heterocycles. The Labute approximate surface area is 165 Å². The van der Waals surface area contributed by atoms with E-state index < -0.39 is 5.97 Å². The van der Waals surface area contributed by atoms with Gasteiger partial charge in [0.2, 0.25) is 0 Å². The van der Waals surface area contributed by atoms with Crippen LogP contribution >= 0.6 is 11.3 Å². The molecule has 146 valence electrons. The number of carbonyl (C=O) groups is 2. The van der Waals surface area contributed by atoms with Crippen LogP contribution in [0.15, 0.2) is 30.6 Å². The highest BCUT2D eigenvalue weighted by Gasteiger charge is 2.22. The SMILES string of the molecule is CCOC(=O)c1c(NC(=O)COc2ccc(-n3cnnn3)cc2)sc(C)c1C. The Balaban J connectivity index is 1.62. The van der Waals surface area contributed by atoms with E-state index in [9.17, 15) is 9.59 Å². The van der Waals surface area contributed by atoms with Crippen LogP contribution in [0.3, 0.4) is 0 Å². The van der Waals surface area contributed by atoms with Crippen molar-refractivity contribution in [1.82, 2.24) is 20.2 Å². The molecule has 1 amide bonds. The minimum atomic E-state index is -0.446. The maximum atomic E-state index is 12.3. The second kappa shape index (κ2) is 8.61. The number of nitrogens with one attached hydrogen (secondary N) is 1. The van der Waals surface area contributed by atoms with Crippen LogP contribution in [0.2, 0.25) is 0 Å². The summed E-state index contributed by atoms with van der Waals surface area (Å²) >= 11 is 1.34. The smallest absolute Gasteiger partial charge is 0.341 e. The van der Waals surface area contributed by atoms with Gasteiger partial charge >= 0.3 is 5.97 Å². The Hall–Kier alpha value is -3.27. The lowest BCUT2D eigenvalue weighted by Crippen LogP contribution is -2.21. The molecule has 0 bridgehead atoms. The van der Waals surface area contributed by atoms with E-state index in [1.54, 1.807) is 31.2 Å². The monoisotopic (exact) mass is 401 g/mol. The molecule has 9 nitrogen and oxygen atoms in total. The molecule has 0 atom stereocenters. The summed E-state index contributed by atoms with van der Waals surface area (Å²) in [5.41, 5.74) is 1.96. The number of nitrogens with zero attached hydrogens (tertiary/aromatic N) is 4. The van der Waals surface area contributed by atoms with Crippen molar-refractivity contribution in [1.29, 1.82) is 0 Å². The van der Waals surface area contributed by atoms with Gasteiger partial charge in [-0.3, -0.25) is 4.79 Å². The summed E-state index contributed by atoms with van der Waals surface area (Å²) in [6.45, 7) is 5.54. The van der Waals surface area contributed by atoms with Gasteiger partial charge in [0.15, 0.2) is 6.61 Å². The van der Waals surface area contributed by atoms with Crippen LogP contribution in [0.25, 0.3) is 5.69 Å². The molecule has 1 N–H and O–H groups in total. The largest absolute Gasteiger partial charge is 0.484 e. The molecule has 0 fully saturated rings. The third-order valence-corrected chi connectivity index (χ3v) is 5.06. The molecule has 0 aliphatic rings. The van der Waals surface area contributed by atoms with Gasteiger partial charge in [-0.2, -0.15) is 0 Å². The maximum Gasteiger partial charge on any atom is 0.341 e. The zero-order valence-electron chi connectivity index (χ0n) is 15.6. The van der Waals surface area contributed by atoms with Crippen LogP contribution in [0.1, 0.15) is 27.7 Å². The van der Waals surface area contributed by atoms with E-state index in [4.69, 9.17) is 9.47 Å². The third-order valence-electron chi connectivity index (χ3n) is 3.94. The average molecular weight is 401 g/mol. The topological polar surface area (TPSA) is 108 Å². The zero-order valence-corrected chi connectivity index (χ0v) is 16.4. The first-order valence-corrected chi connectivity index (χ1v) is 9.34. The fourth-order valence-corrected chi connectivity index (χ4v) is 3.52. The first kappa shape index (κ1) is 19.5. The van der Waals surface area contributed by atoms with Gasteiger partial charge in [0.1, 0.15) is 17.1 Å². The standard InChI is InChI=1S/C18H19N5O4S/c1-4-26-18(25)16-11(2)12(3)28-17(16)20-15(24)9-27-14-7-5-13(6-8-14)23-10-19-21-22-23/h5-8,10H,4,9H2,1-3H3,(H,20,24). The van der Waals surface area contributed by atoms with Gasteiger partial charge in [-0.05, 0) is 61.0 Å². The Kier molecular flexibility index (Phi) is 5.99. The molecule has 0 aliphatic carbocycles. The van der Waals surface area contributed by atoms with Crippen molar-refractivity contribution in [2.45, 2.75) is 20.8 Å². The van der Waals surface area contributed by atoms with Crippen molar-refractivity contribution >= 4 is 28.2 Å². The maximum absolute atomic E-state index is 12.3. The second-order valence-electron chi connectivity index (χ2n) is 5.79. The highest BCUT2D eigenvalue weighted by atomic mass is 32.1. The summed E-state index contributed by atoms with van der Waals surface area (Å²) in [6.07, 6.45) is 1.48. The van der Waals surface area contributed by atoms with Crippen molar-refractivity contribution in [3.8, 4) is 11.4 Å². The third kappa shape index (κ3) is 4.34. The zero-order chi connectivity index (χ0) is 20.1. The fourth-order valence-electron chi connectivity index (χ4n) is 2.45. The van der Waals surface area contributed by atoms with Crippen LogP contribution in [0, 0.1) is 13.8 Å². The van der Waals surface area contributed by atoms with Gasteiger partial charge in [-0.1, -0.05) is 0 Å². The predicted molar refractivity (Wildman–Crippen MR) is 103 cm³/mol. The molecular weight excluding hydrogens is 382 g/mol. The molecule has 10 heteroatoms. The van der Waals surface area contributed by atoms with E-state index in [1.807, 2.05) is 13.8 Å². The first-order chi connectivity index (χ1) is 13.5. The number of ether oxygens (including phenoxy) is 2. The Morgan fingerprint density at radius 2 is 1.96 bits per heavy atom. The first-order valence-electron chi connectivity index (χ1n) is 8.52. The van der Waals surface area contributed by atoms with E-state index in [2.05, 4.69) is 20.8 Å². The summed E-state index contributed by atoms with van der Waals surface area (Å²) in [5.74, 6) is -0.286. The van der Waals surface area contributed by atoms with Gasteiger partial charge in [-0.25, -0.2) is 9.48 Å². The van der Waals surface area contributed by atoms with Gasteiger partial charge in [-0.15, -0.1) is 16.4 Å². The summed E-state index contributed by atoms with van der Waals surface area (Å²) in [7, 11) is 0. The number of esters is 1. The molecule has 1 aromatic carbocycles. The summed E-state index contributed by atoms with van der Waals surface area (Å²) < 4.78 is 12.1. The number of anilines is 1. The highest BCUT2D eigenvalue weighted by molar-refractivity contribution is 7.16. The van der Waals surface area contributed by atoms with Crippen molar-refractivity contribution in [2.75, 3.05) is 18.5 Å². The van der Waals surface area contributed by atoms with E-state index >= 15 is 0 Å². The number of aromatic nitrogens is 4. The van der Waals surface area contributed by atoms with Crippen molar-refractivity contribution in [3.63, 3.8) is 0 Å². The number of tetrazole rings is 1. The van der Waals surface area contributed by atoms with Crippen LogP contribution in [0.4, 0.5) is 5.00 Å². The van der Waals surface area contributed by atoms with Gasteiger partial charge in [0.05, 0.1) is 17.9 Å². The molecule has 0 spiro atoms. The van der Waals surface area contributed by atoms with Crippen LogP contribution in [-0.4, -0.2) is 45.3 Å². The Bertz CT molecular complexity index is 967. The number of hydrogen-bond acceptors (Lipinski definition) is 8. The number of benzene rings is 1. The molecular formula is C18H19N5O4S. The van der Waals surface area contributed by atoms with E-state index in [-0.39, 0.29) is 19.1 Å². The molecule has 0 saturated heterocycles. The molecule has 28 heavy (non-hydrogen) atoms. The summed E-state index contributed by atoms with van der Waals surface area (Å²) in [4.78, 5) is 25.4. The van der Waals surface area contributed by atoms with Crippen molar-refractivity contribution < 1.29 is 19.1 Å². The molecule has 0 radical (unpaired) electrons. The number of amides is 1. The van der Waals surface area contributed by atoms with E-state index in [1.165, 1.54) is 22.3 Å². The lowest BCUT2D eigenvalue weighted by atomic mass is 10.1. The highest BCUT2D eigenvalue weighted by Crippen LogP contribution is 2.33. The fraction of sp³-hybridized carbons (Fsp3) is 0.278. The average Bonchev–Trinajstić information content (AvgIpc) is 3.30. The van der Waals surface area contributed by atoms with Crippen molar-refractivity contribution in [2.24, 2.45) is 0 Å². The Morgan fingerprint density at radius 1 is 1.21 bits per heavy atom. The molecule has 2 heterocycles. The van der Waals surface area contributed by atoms with E-state index in [0.29, 0.717) is 16.3 Å².